The lowest BCUT2D eigenvalue weighted by Crippen LogP contribution is -2.43. The van der Waals surface area contributed by atoms with Crippen molar-refractivity contribution in [3.63, 3.8) is 0 Å². The highest BCUT2D eigenvalue weighted by Gasteiger charge is 2.31. The molecule has 2 atom stereocenters. The summed E-state index contributed by atoms with van der Waals surface area (Å²) in [6.07, 6.45) is 2.42. The van der Waals surface area contributed by atoms with Crippen LogP contribution in [0, 0.1) is 5.92 Å². The number of nitrogens with one attached hydrogen (secondary N) is 2. The maximum absolute atomic E-state index is 12.1. The Hall–Kier alpha value is -1.60. The van der Waals surface area contributed by atoms with Crippen LogP contribution in [-0.2, 0) is 4.79 Å². The molecule has 1 heterocycles. The van der Waals surface area contributed by atoms with Gasteiger partial charge in [-0.1, -0.05) is 6.07 Å². The number of thiophene rings is 1. The lowest BCUT2D eigenvalue weighted by atomic mass is 10.1. The molecule has 7 heteroatoms. The van der Waals surface area contributed by atoms with E-state index in [1.807, 2.05) is 17.5 Å². The number of urea groups is 1. The second-order valence-electron chi connectivity index (χ2n) is 5.03. The lowest BCUT2D eigenvalue weighted by Gasteiger charge is -2.19. The van der Waals surface area contributed by atoms with Gasteiger partial charge in [0.25, 0.3) is 0 Å². The zero-order valence-corrected chi connectivity index (χ0v) is 12.0. The molecule has 0 spiro atoms. The molecule has 1 saturated carbocycles. The summed E-state index contributed by atoms with van der Waals surface area (Å²) in [5.41, 5.74) is 10.8. The van der Waals surface area contributed by atoms with Crippen molar-refractivity contribution in [3.05, 3.63) is 22.4 Å². The van der Waals surface area contributed by atoms with Gasteiger partial charge in [0.1, 0.15) is 0 Å². The van der Waals surface area contributed by atoms with Gasteiger partial charge in [0.05, 0.1) is 12.5 Å². The third-order valence-electron chi connectivity index (χ3n) is 3.38. The molecule has 1 aromatic heterocycles. The second kappa shape index (κ2) is 6.71. The second-order valence-corrected chi connectivity index (χ2v) is 6.01. The summed E-state index contributed by atoms with van der Waals surface area (Å²) in [6.45, 7) is 0.448. The fraction of sp³-hybridized carbons (Fsp3) is 0.538. The van der Waals surface area contributed by atoms with Gasteiger partial charge in [-0.3, -0.25) is 4.79 Å². The Kier molecular flexibility index (Phi) is 4.97. The van der Waals surface area contributed by atoms with Crippen molar-refractivity contribution in [3.8, 4) is 0 Å². The van der Waals surface area contributed by atoms with Gasteiger partial charge in [-0.15, -0.1) is 11.3 Å². The van der Waals surface area contributed by atoms with Crippen LogP contribution in [0.4, 0.5) is 4.79 Å². The zero-order valence-electron chi connectivity index (χ0n) is 11.2. The van der Waals surface area contributed by atoms with Gasteiger partial charge in [0.15, 0.2) is 0 Å². The lowest BCUT2D eigenvalue weighted by molar-refractivity contribution is -0.122. The van der Waals surface area contributed by atoms with E-state index < -0.39 is 6.03 Å². The molecule has 110 valence electrons. The SMILES string of the molecule is NCC(NC(=O)CC(NC(N)=O)c1cccs1)C1CC1. The van der Waals surface area contributed by atoms with Gasteiger partial charge >= 0.3 is 6.03 Å². The van der Waals surface area contributed by atoms with Crippen molar-refractivity contribution in [2.45, 2.75) is 31.3 Å². The molecule has 0 aromatic carbocycles. The average Bonchev–Trinajstić information content (AvgIpc) is 3.08. The number of rotatable bonds is 7. The number of carbonyl (C=O) groups excluding carboxylic acids is 2. The van der Waals surface area contributed by atoms with Crippen molar-refractivity contribution in [1.82, 2.24) is 10.6 Å². The van der Waals surface area contributed by atoms with Gasteiger partial charge < -0.3 is 22.1 Å². The largest absolute Gasteiger partial charge is 0.352 e. The third kappa shape index (κ3) is 4.21. The number of hydrogen-bond donors (Lipinski definition) is 4. The molecule has 20 heavy (non-hydrogen) atoms. The van der Waals surface area contributed by atoms with Crippen LogP contribution in [0.15, 0.2) is 17.5 Å². The van der Waals surface area contributed by atoms with E-state index in [0.29, 0.717) is 12.5 Å². The van der Waals surface area contributed by atoms with Gasteiger partial charge in [0, 0.05) is 17.5 Å². The van der Waals surface area contributed by atoms with Crippen molar-refractivity contribution >= 4 is 23.3 Å². The smallest absolute Gasteiger partial charge is 0.312 e. The molecule has 1 aliphatic carbocycles. The highest BCUT2D eigenvalue weighted by atomic mass is 32.1. The van der Waals surface area contributed by atoms with E-state index in [9.17, 15) is 9.59 Å². The Labute approximate surface area is 121 Å². The van der Waals surface area contributed by atoms with Crippen LogP contribution in [0.2, 0.25) is 0 Å². The minimum Gasteiger partial charge on any atom is -0.352 e. The summed E-state index contributed by atoms with van der Waals surface area (Å²) in [4.78, 5) is 24.0. The molecule has 1 aromatic rings. The van der Waals surface area contributed by atoms with E-state index in [4.69, 9.17) is 11.5 Å². The number of carbonyl (C=O) groups is 2. The van der Waals surface area contributed by atoms with Gasteiger partial charge in [0.2, 0.25) is 5.91 Å². The zero-order chi connectivity index (χ0) is 14.5. The molecule has 0 aliphatic heterocycles. The first-order chi connectivity index (χ1) is 9.60. The Bertz CT molecular complexity index is 459. The number of primary amides is 1. The van der Waals surface area contributed by atoms with Crippen LogP contribution in [0.3, 0.4) is 0 Å². The molecular weight excluding hydrogens is 276 g/mol. The normalized spacial score (nSPS) is 17.2. The summed E-state index contributed by atoms with van der Waals surface area (Å²) in [5, 5.41) is 7.45. The van der Waals surface area contributed by atoms with Crippen molar-refractivity contribution in [2.75, 3.05) is 6.54 Å². The minimum atomic E-state index is -0.631. The Morgan fingerprint density at radius 2 is 2.15 bits per heavy atom. The summed E-state index contributed by atoms with van der Waals surface area (Å²) < 4.78 is 0. The van der Waals surface area contributed by atoms with Gasteiger partial charge in [-0.05, 0) is 30.2 Å². The monoisotopic (exact) mass is 296 g/mol. The van der Waals surface area contributed by atoms with E-state index in [1.165, 1.54) is 11.3 Å². The molecule has 6 nitrogen and oxygen atoms in total. The highest BCUT2D eigenvalue weighted by Crippen LogP contribution is 2.32. The fourth-order valence-corrected chi connectivity index (χ4v) is 2.98. The van der Waals surface area contributed by atoms with Crippen LogP contribution < -0.4 is 22.1 Å². The molecule has 1 aliphatic rings. The molecule has 0 radical (unpaired) electrons. The first-order valence-corrected chi connectivity index (χ1v) is 7.57. The first kappa shape index (κ1) is 14.8. The molecule has 0 bridgehead atoms. The predicted octanol–water partition coefficient (Wildman–Crippen LogP) is 0.701. The summed E-state index contributed by atoms with van der Waals surface area (Å²) >= 11 is 1.48. The van der Waals surface area contributed by atoms with E-state index in [-0.39, 0.29) is 24.4 Å². The van der Waals surface area contributed by atoms with Crippen LogP contribution in [0.1, 0.15) is 30.2 Å². The van der Waals surface area contributed by atoms with E-state index >= 15 is 0 Å². The fourth-order valence-electron chi connectivity index (χ4n) is 2.20. The Morgan fingerprint density at radius 3 is 2.65 bits per heavy atom. The molecule has 2 rings (SSSR count). The van der Waals surface area contributed by atoms with E-state index in [2.05, 4.69) is 10.6 Å². The van der Waals surface area contributed by atoms with E-state index in [0.717, 1.165) is 17.7 Å². The molecule has 3 amide bonds. The summed E-state index contributed by atoms with van der Waals surface area (Å²) in [6, 6.07) is 2.78. The third-order valence-corrected chi connectivity index (χ3v) is 4.37. The number of nitrogens with two attached hydrogens (primary N) is 2. The molecular formula is C13H20N4O2S. The topological polar surface area (TPSA) is 110 Å². The number of amides is 3. The summed E-state index contributed by atoms with van der Waals surface area (Å²) in [7, 11) is 0. The maximum Gasteiger partial charge on any atom is 0.312 e. The first-order valence-electron chi connectivity index (χ1n) is 6.69. The van der Waals surface area contributed by atoms with Crippen molar-refractivity contribution in [2.24, 2.45) is 17.4 Å². The maximum atomic E-state index is 12.1. The van der Waals surface area contributed by atoms with Crippen LogP contribution >= 0.6 is 11.3 Å². The predicted molar refractivity (Wildman–Crippen MR) is 78.1 cm³/mol. The van der Waals surface area contributed by atoms with Crippen LogP contribution in [0.25, 0.3) is 0 Å². The van der Waals surface area contributed by atoms with Crippen molar-refractivity contribution < 1.29 is 9.59 Å². The summed E-state index contributed by atoms with van der Waals surface area (Å²) in [5.74, 6) is 0.396. The van der Waals surface area contributed by atoms with Crippen LogP contribution in [-0.4, -0.2) is 24.5 Å². The molecule has 1 fully saturated rings. The van der Waals surface area contributed by atoms with Gasteiger partial charge in [-0.2, -0.15) is 0 Å². The van der Waals surface area contributed by atoms with Gasteiger partial charge in [-0.25, -0.2) is 4.79 Å². The Balaban J connectivity index is 1.92. The quantitative estimate of drug-likeness (QED) is 0.594. The molecule has 0 saturated heterocycles. The molecule has 6 N–H and O–H groups in total. The highest BCUT2D eigenvalue weighted by molar-refractivity contribution is 7.10. The van der Waals surface area contributed by atoms with E-state index in [1.54, 1.807) is 0 Å². The average molecular weight is 296 g/mol. The van der Waals surface area contributed by atoms with Crippen molar-refractivity contribution in [1.29, 1.82) is 0 Å². The standard InChI is InChI=1S/C13H20N4O2S/c14-7-10(8-3-4-8)16-12(18)6-9(17-13(15)19)11-2-1-5-20-11/h1-2,5,8-10H,3-4,6-7,14H2,(H,16,18)(H3,15,17,19). The van der Waals surface area contributed by atoms with Crippen LogP contribution in [0.5, 0.6) is 0 Å². The molecule has 2 unspecified atom stereocenters. The number of hydrogen-bond acceptors (Lipinski definition) is 4. The minimum absolute atomic E-state index is 0.0417. The Morgan fingerprint density at radius 1 is 1.40 bits per heavy atom.